The minimum atomic E-state index is -3.65. The van der Waals surface area contributed by atoms with Gasteiger partial charge in [-0.3, -0.25) is 9.10 Å². The Hall–Kier alpha value is -2.86. The first-order valence-electron chi connectivity index (χ1n) is 10.0. The van der Waals surface area contributed by atoms with Crippen molar-refractivity contribution in [2.24, 2.45) is 0 Å². The maximum Gasteiger partial charge on any atom is 0.244 e. The molecule has 0 bridgehead atoms. The van der Waals surface area contributed by atoms with E-state index in [0.29, 0.717) is 18.7 Å². The zero-order valence-electron chi connectivity index (χ0n) is 17.8. The SMILES string of the molecule is CC[C@H](C(=O)NCc1ccc2ccccc2c1)N(c1cc(C)ccc1C)S(C)(=O)=O. The molecule has 0 saturated carbocycles. The van der Waals surface area contributed by atoms with Crippen LogP contribution in [0.25, 0.3) is 10.8 Å². The summed E-state index contributed by atoms with van der Waals surface area (Å²) in [5.74, 6) is -0.308. The Morgan fingerprint density at radius 1 is 1.00 bits per heavy atom. The summed E-state index contributed by atoms with van der Waals surface area (Å²) in [7, 11) is -3.65. The highest BCUT2D eigenvalue weighted by atomic mass is 32.2. The molecular formula is C24H28N2O3S. The van der Waals surface area contributed by atoms with Gasteiger partial charge in [-0.15, -0.1) is 0 Å². The molecule has 0 aliphatic rings. The third-order valence-electron chi connectivity index (χ3n) is 5.21. The molecule has 0 spiro atoms. The van der Waals surface area contributed by atoms with E-state index in [0.717, 1.165) is 33.7 Å². The first-order valence-corrected chi connectivity index (χ1v) is 11.9. The second-order valence-electron chi connectivity index (χ2n) is 7.67. The number of nitrogens with zero attached hydrogens (tertiary/aromatic N) is 1. The maximum absolute atomic E-state index is 13.1. The summed E-state index contributed by atoms with van der Waals surface area (Å²) in [6.07, 6.45) is 1.51. The van der Waals surface area contributed by atoms with Gasteiger partial charge in [-0.1, -0.05) is 55.5 Å². The standard InChI is InChI=1S/C24H28N2O3S/c1-5-22(26(30(4,28)29)23-14-17(2)10-11-18(23)3)24(27)25-16-19-12-13-20-8-6-7-9-21(20)15-19/h6-15,22H,5,16H2,1-4H3,(H,25,27)/t22-/m1/s1. The van der Waals surface area contributed by atoms with Gasteiger partial charge in [-0.2, -0.15) is 0 Å². The molecule has 3 aromatic carbocycles. The summed E-state index contributed by atoms with van der Waals surface area (Å²) in [6, 6.07) is 18.9. The van der Waals surface area contributed by atoms with Crippen molar-refractivity contribution < 1.29 is 13.2 Å². The number of benzene rings is 3. The molecule has 1 N–H and O–H groups in total. The van der Waals surface area contributed by atoms with Crippen molar-refractivity contribution in [3.63, 3.8) is 0 Å². The van der Waals surface area contributed by atoms with Crippen LogP contribution in [0.3, 0.4) is 0 Å². The van der Waals surface area contributed by atoms with Gasteiger partial charge in [0.1, 0.15) is 6.04 Å². The van der Waals surface area contributed by atoms with Crippen molar-refractivity contribution >= 4 is 32.4 Å². The van der Waals surface area contributed by atoms with Gasteiger partial charge >= 0.3 is 0 Å². The molecule has 1 atom stereocenters. The van der Waals surface area contributed by atoms with E-state index in [4.69, 9.17) is 0 Å². The van der Waals surface area contributed by atoms with Crippen LogP contribution in [0.2, 0.25) is 0 Å². The van der Waals surface area contributed by atoms with Gasteiger partial charge in [0.15, 0.2) is 0 Å². The number of aryl methyl sites for hydroxylation is 2. The number of rotatable bonds is 7. The third kappa shape index (κ3) is 4.82. The normalized spacial score (nSPS) is 12.5. The molecular weight excluding hydrogens is 396 g/mol. The van der Waals surface area contributed by atoms with Crippen LogP contribution in [0, 0.1) is 13.8 Å². The number of hydrogen-bond donors (Lipinski definition) is 1. The molecule has 5 nitrogen and oxygen atoms in total. The molecule has 0 radical (unpaired) electrons. The van der Waals surface area contributed by atoms with E-state index in [-0.39, 0.29) is 5.91 Å². The lowest BCUT2D eigenvalue weighted by atomic mass is 10.1. The monoisotopic (exact) mass is 424 g/mol. The summed E-state index contributed by atoms with van der Waals surface area (Å²) in [6.45, 7) is 5.92. The maximum atomic E-state index is 13.1. The summed E-state index contributed by atoms with van der Waals surface area (Å²) < 4.78 is 26.6. The molecule has 0 aromatic heterocycles. The fourth-order valence-electron chi connectivity index (χ4n) is 3.65. The number of carbonyl (C=O) groups excluding carboxylic acids is 1. The summed E-state index contributed by atoms with van der Waals surface area (Å²) in [5, 5.41) is 5.16. The van der Waals surface area contributed by atoms with Crippen LogP contribution < -0.4 is 9.62 Å². The number of hydrogen-bond acceptors (Lipinski definition) is 3. The van der Waals surface area contributed by atoms with Gasteiger partial charge in [0.05, 0.1) is 11.9 Å². The van der Waals surface area contributed by atoms with Crippen LogP contribution in [0.15, 0.2) is 60.7 Å². The van der Waals surface area contributed by atoms with Gasteiger partial charge < -0.3 is 5.32 Å². The topological polar surface area (TPSA) is 66.5 Å². The first kappa shape index (κ1) is 21.8. The van der Waals surface area contributed by atoms with E-state index in [1.54, 1.807) is 0 Å². The highest BCUT2D eigenvalue weighted by Crippen LogP contribution is 2.27. The predicted octanol–water partition coefficient (Wildman–Crippen LogP) is 4.32. The summed E-state index contributed by atoms with van der Waals surface area (Å²) in [5.41, 5.74) is 3.27. The minimum absolute atomic E-state index is 0.308. The van der Waals surface area contributed by atoms with E-state index in [1.807, 2.05) is 81.4 Å². The van der Waals surface area contributed by atoms with Crippen molar-refractivity contribution in [3.8, 4) is 0 Å². The zero-order chi connectivity index (χ0) is 21.9. The molecule has 0 aliphatic heterocycles. The van der Waals surface area contributed by atoms with E-state index in [9.17, 15) is 13.2 Å². The van der Waals surface area contributed by atoms with Gasteiger partial charge in [0.25, 0.3) is 0 Å². The van der Waals surface area contributed by atoms with Gasteiger partial charge in [-0.05, 0) is 59.9 Å². The lowest BCUT2D eigenvalue weighted by molar-refractivity contribution is -0.122. The Balaban J connectivity index is 1.85. The van der Waals surface area contributed by atoms with Crippen LogP contribution in [0.5, 0.6) is 0 Å². The largest absolute Gasteiger partial charge is 0.350 e. The highest BCUT2D eigenvalue weighted by molar-refractivity contribution is 7.92. The van der Waals surface area contributed by atoms with E-state index < -0.39 is 16.1 Å². The Bertz CT molecular complexity index is 1170. The van der Waals surface area contributed by atoms with Crippen LogP contribution >= 0.6 is 0 Å². The average molecular weight is 425 g/mol. The number of nitrogens with one attached hydrogen (secondary N) is 1. The number of sulfonamides is 1. The first-order chi connectivity index (χ1) is 14.2. The Labute approximate surface area is 178 Å². The molecule has 0 saturated heterocycles. The molecule has 3 aromatic rings. The van der Waals surface area contributed by atoms with Crippen molar-refractivity contribution in [2.75, 3.05) is 10.6 Å². The molecule has 0 unspecified atom stereocenters. The fourth-order valence-corrected chi connectivity index (χ4v) is 4.91. The van der Waals surface area contributed by atoms with E-state index in [1.165, 1.54) is 4.31 Å². The quantitative estimate of drug-likeness (QED) is 0.614. The second kappa shape index (κ2) is 8.88. The lowest BCUT2D eigenvalue weighted by Gasteiger charge is -2.31. The van der Waals surface area contributed by atoms with Gasteiger partial charge in [-0.25, -0.2) is 8.42 Å². The number of anilines is 1. The molecule has 6 heteroatoms. The van der Waals surface area contributed by atoms with Crippen molar-refractivity contribution in [3.05, 3.63) is 77.4 Å². The molecule has 0 heterocycles. The van der Waals surface area contributed by atoms with Crippen molar-refractivity contribution in [1.29, 1.82) is 0 Å². The Kier molecular flexibility index (Phi) is 6.46. The predicted molar refractivity (Wildman–Crippen MR) is 123 cm³/mol. The van der Waals surface area contributed by atoms with Crippen molar-refractivity contribution in [1.82, 2.24) is 5.32 Å². The van der Waals surface area contributed by atoms with Gasteiger partial charge in [0, 0.05) is 6.54 Å². The van der Waals surface area contributed by atoms with Crippen LogP contribution in [0.4, 0.5) is 5.69 Å². The molecule has 3 rings (SSSR count). The van der Waals surface area contributed by atoms with E-state index >= 15 is 0 Å². The average Bonchev–Trinajstić information content (AvgIpc) is 2.71. The van der Waals surface area contributed by atoms with Gasteiger partial charge in [0.2, 0.25) is 15.9 Å². The number of carbonyl (C=O) groups is 1. The summed E-state index contributed by atoms with van der Waals surface area (Å²) >= 11 is 0. The smallest absolute Gasteiger partial charge is 0.244 e. The number of amides is 1. The Morgan fingerprint density at radius 2 is 1.70 bits per heavy atom. The van der Waals surface area contributed by atoms with Crippen molar-refractivity contribution in [2.45, 2.75) is 39.8 Å². The summed E-state index contributed by atoms with van der Waals surface area (Å²) in [4.78, 5) is 13.1. The molecule has 158 valence electrons. The zero-order valence-corrected chi connectivity index (χ0v) is 18.7. The molecule has 30 heavy (non-hydrogen) atoms. The Morgan fingerprint density at radius 3 is 2.37 bits per heavy atom. The number of fused-ring (bicyclic) bond motifs is 1. The highest BCUT2D eigenvalue weighted by Gasteiger charge is 2.32. The second-order valence-corrected chi connectivity index (χ2v) is 9.53. The van der Waals surface area contributed by atoms with Crippen LogP contribution in [-0.4, -0.2) is 26.6 Å². The van der Waals surface area contributed by atoms with E-state index in [2.05, 4.69) is 5.32 Å². The van der Waals surface area contributed by atoms with Crippen LogP contribution in [0.1, 0.15) is 30.0 Å². The molecule has 1 amide bonds. The fraction of sp³-hybridized carbons (Fsp3) is 0.292. The molecule has 0 aliphatic carbocycles. The lowest BCUT2D eigenvalue weighted by Crippen LogP contribution is -2.49. The molecule has 0 fully saturated rings. The third-order valence-corrected chi connectivity index (χ3v) is 6.38. The minimum Gasteiger partial charge on any atom is -0.350 e. The van der Waals surface area contributed by atoms with Crippen LogP contribution in [-0.2, 0) is 21.4 Å².